The summed E-state index contributed by atoms with van der Waals surface area (Å²) in [4.78, 5) is 12.3. The molecule has 0 saturated carbocycles. The molecule has 0 aliphatic heterocycles. The van der Waals surface area contributed by atoms with Gasteiger partial charge < -0.3 is 10.3 Å². The molecule has 0 aliphatic rings. The molecule has 20 heavy (non-hydrogen) atoms. The molecule has 104 valence electrons. The van der Waals surface area contributed by atoms with E-state index in [2.05, 4.69) is 38.1 Å². The van der Waals surface area contributed by atoms with Gasteiger partial charge in [-0.15, -0.1) is 0 Å². The molecule has 0 amide bonds. The Bertz CT molecular complexity index is 672. The first-order valence-corrected chi connectivity index (χ1v) is 6.98. The summed E-state index contributed by atoms with van der Waals surface area (Å²) < 4.78 is 1.62. The molecule has 0 spiro atoms. The van der Waals surface area contributed by atoms with Crippen LogP contribution in [0.2, 0.25) is 0 Å². The molecule has 0 fully saturated rings. The van der Waals surface area contributed by atoms with Crippen molar-refractivity contribution in [2.45, 2.75) is 26.3 Å². The Hall–Kier alpha value is -1.94. The number of hydrogen-bond acceptors (Lipinski definition) is 2. The summed E-state index contributed by atoms with van der Waals surface area (Å²) in [7, 11) is 0. The van der Waals surface area contributed by atoms with Crippen LogP contribution >= 0.6 is 12.2 Å². The quantitative estimate of drug-likeness (QED) is 0.879. The summed E-state index contributed by atoms with van der Waals surface area (Å²) in [5.41, 5.74) is 8.16. The van der Waals surface area contributed by atoms with Crippen molar-refractivity contribution in [2.75, 3.05) is 0 Å². The van der Waals surface area contributed by atoms with Crippen molar-refractivity contribution >= 4 is 17.2 Å². The molecule has 2 aromatic rings. The lowest BCUT2D eigenvalue weighted by Gasteiger charge is -2.09. The van der Waals surface area contributed by atoms with Gasteiger partial charge in [0.15, 0.2) is 0 Å². The van der Waals surface area contributed by atoms with Gasteiger partial charge in [-0.25, -0.2) is 0 Å². The number of nitrogens with zero attached hydrogens (tertiary/aromatic N) is 1. The third-order valence-electron chi connectivity index (χ3n) is 3.28. The van der Waals surface area contributed by atoms with E-state index in [1.165, 1.54) is 5.56 Å². The highest BCUT2D eigenvalue weighted by atomic mass is 32.1. The number of pyridine rings is 1. The average Bonchev–Trinajstić information content (AvgIpc) is 2.41. The third-order valence-corrected chi connectivity index (χ3v) is 3.50. The molecule has 0 aliphatic carbocycles. The first-order chi connectivity index (χ1) is 9.49. The summed E-state index contributed by atoms with van der Waals surface area (Å²) in [6.07, 6.45) is 1.75. The average molecular weight is 286 g/mol. The number of aromatic nitrogens is 1. The fourth-order valence-electron chi connectivity index (χ4n) is 2.05. The zero-order valence-corrected chi connectivity index (χ0v) is 12.5. The van der Waals surface area contributed by atoms with Crippen molar-refractivity contribution in [3.8, 4) is 0 Å². The Kier molecular flexibility index (Phi) is 4.35. The molecule has 0 atom stereocenters. The van der Waals surface area contributed by atoms with Crippen LogP contribution in [0.5, 0.6) is 0 Å². The summed E-state index contributed by atoms with van der Waals surface area (Å²) in [5.74, 6) is 0.504. The molecular weight excluding hydrogens is 268 g/mol. The Balaban J connectivity index is 2.28. The summed E-state index contributed by atoms with van der Waals surface area (Å²) in [6, 6.07) is 11.7. The van der Waals surface area contributed by atoms with Gasteiger partial charge in [-0.05, 0) is 29.2 Å². The molecular formula is C16H18N2OS. The Morgan fingerprint density at radius 3 is 2.45 bits per heavy atom. The first-order valence-electron chi connectivity index (χ1n) is 6.57. The number of nitrogens with two attached hydrogens (primary N) is 1. The Morgan fingerprint density at radius 1 is 1.25 bits per heavy atom. The highest BCUT2D eigenvalue weighted by Crippen LogP contribution is 2.15. The summed E-state index contributed by atoms with van der Waals surface area (Å²) >= 11 is 4.88. The Labute approximate surface area is 124 Å². The van der Waals surface area contributed by atoms with E-state index in [0.717, 1.165) is 5.56 Å². The second-order valence-corrected chi connectivity index (χ2v) is 5.56. The van der Waals surface area contributed by atoms with Crippen LogP contribution in [0.1, 0.15) is 36.5 Å². The molecule has 0 radical (unpaired) electrons. The first kappa shape index (κ1) is 14.5. The molecule has 1 heterocycles. The van der Waals surface area contributed by atoms with Crippen molar-refractivity contribution in [1.29, 1.82) is 0 Å². The highest BCUT2D eigenvalue weighted by molar-refractivity contribution is 7.80. The van der Waals surface area contributed by atoms with E-state index in [-0.39, 0.29) is 10.5 Å². The maximum Gasteiger partial charge on any atom is 0.261 e. The summed E-state index contributed by atoms with van der Waals surface area (Å²) in [6.45, 7) is 4.84. The van der Waals surface area contributed by atoms with Crippen LogP contribution in [0, 0.1) is 0 Å². The van der Waals surface area contributed by atoms with Crippen molar-refractivity contribution < 1.29 is 0 Å². The van der Waals surface area contributed by atoms with E-state index in [0.29, 0.717) is 18.0 Å². The minimum Gasteiger partial charge on any atom is -0.389 e. The third kappa shape index (κ3) is 3.14. The van der Waals surface area contributed by atoms with E-state index in [4.69, 9.17) is 18.0 Å². The standard InChI is InChI=1S/C16H18N2OS/c1-11(2)13-7-5-12(6-8-13)10-18-9-3-4-14(15(17)20)16(18)19/h3-9,11H,10H2,1-2H3,(H2,17,20). The fourth-order valence-corrected chi connectivity index (χ4v) is 2.21. The highest BCUT2D eigenvalue weighted by Gasteiger charge is 2.06. The second kappa shape index (κ2) is 6.01. The zero-order valence-electron chi connectivity index (χ0n) is 11.7. The van der Waals surface area contributed by atoms with Gasteiger partial charge in [-0.3, -0.25) is 4.79 Å². The number of rotatable bonds is 4. The molecule has 0 saturated heterocycles. The lowest BCUT2D eigenvalue weighted by atomic mass is 10.0. The van der Waals surface area contributed by atoms with Gasteiger partial charge in [0.05, 0.1) is 12.1 Å². The predicted molar refractivity (Wildman–Crippen MR) is 86.2 cm³/mol. The van der Waals surface area contributed by atoms with E-state index >= 15 is 0 Å². The molecule has 0 bridgehead atoms. The lowest BCUT2D eigenvalue weighted by molar-refractivity contribution is 0.756. The minimum atomic E-state index is -0.145. The van der Waals surface area contributed by atoms with E-state index < -0.39 is 0 Å². The van der Waals surface area contributed by atoms with Crippen molar-refractivity contribution in [1.82, 2.24) is 4.57 Å². The van der Waals surface area contributed by atoms with Crippen molar-refractivity contribution in [3.63, 3.8) is 0 Å². The SMILES string of the molecule is CC(C)c1ccc(Cn2cccc(C(N)=S)c2=O)cc1. The molecule has 1 aromatic carbocycles. The maximum absolute atomic E-state index is 12.2. The van der Waals surface area contributed by atoms with Crippen LogP contribution in [0.25, 0.3) is 0 Å². The second-order valence-electron chi connectivity index (χ2n) is 5.12. The predicted octanol–water partition coefficient (Wildman–Crippen LogP) is 2.65. The number of benzene rings is 1. The van der Waals surface area contributed by atoms with Gasteiger partial charge in [0.1, 0.15) is 4.99 Å². The van der Waals surface area contributed by atoms with Crippen LogP contribution in [-0.2, 0) is 6.54 Å². The van der Waals surface area contributed by atoms with Crippen molar-refractivity contribution in [2.24, 2.45) is 5.73 Å². The molecule has 4 heteroatoms. The molecule has 2 rings (SSSR count). The molecule has 0 unspecified atom stereocenters. The fraction of sp³-hybridized carbons (Fsp3) is 0.250. The van der Waals surface area contributed by atoms with Gasteiger partial charge in [0.2, 0.25) is 0 Å². The van der Waals surface area contributed by atoms with Crippen LogP contribution in [0.15, 0.2) is 47.4 Å². The number of thiocarbonyl (C=S) groups is 1. The monoisotopic (exact) mass is 286 g/mol. The smallest absolute Gasteiger partial charge is 0.261 e. The number of hydrogen-bond donors (Lipinski definition) is 1. The minimum absolute atomic E-state index is 0.138. The van der Waals surface area contributed by atoms with Gasteiger partial charge in [-0.2, -0.15) is 0 Å². The lowest BCUT2D eigenvalue weighted by Crippen LogP contribution is -2.28. The molecule has 2 N–H and O–H groups in total. The topological polar surface area (TPSA) is 48.0 Å². The normalized spacial score (nSPS) is 10.8. The largest absolute Gasteiger partial charge is 0.389 e. The molecule has 1 aromatic heterocycles. The Morgan fingerprint density at radius 2 is 1.90 bits per heavy atom. The van der Waals surface area contributed by atoms with E-state index in [1.54, 1.807) is 22.9 Å². The van der Waals surface area contributed by atoms with Crippen LogP contribution in [-0.4, -0.2) is 9.56 Å². The van der Waals surface area contributed by atoms with Gasteiger partial charge in [0, 0.05) is 6.20 Å². The summed E-state index contributed by atoms with van der Waals surface area (Å²) in [5, 5.41) is 0. The van der Waals surface area contributed by atoms with E-state index in [9.17, 15) is 4.79 Å². The molecule has 3 nitrogen and oxygen atoms in total. The van der Waals surface area contributed by atoms with Crippen molar-refractivity contribution in [3.05, 3.63) is 69.6 Å². The van der Waals surface area contributed by atoms with Gasteiger partial charge >= 0.3 is 0 Å². The van der Waals surface area contributed by atoms with Crippen LogP contribution in [0.3, 0.4) is 0 Å². The maximum atomic E-state index is 12.2. The van der Waals surface area contributed by atoms with Crippen LogP contribution in [0.4, 0.5) is 0 Å². The van der Waals surface area contributed by atoms with Gasteiger partial charge in [-0.1, -0.05) is 50.3 Å². The zero-order chi connectivity index (χ0) is 14.7. The van der Waals surface area contributed by atoms with E-state index in [1.807, 2.05) is 0 Å². The van der Waals surface area contributed by atoms with Crippen LogP contribution < -0.4 is 11.3 Å². The van der Waals surface area contributed by atoms with Gasteiger partial charge in [0.25, 0.3) is 5.56 Å².